The first-order chi connectivity index (χ1) is 1.73. The van der Waals surface area contributed by atoms with Gasteiger partial charge in [0.25, 0.3) is 0 Å². The van der Waals surface area contributed by atoms with Crippen LogP contribution in [-0.2, 0) is 4.57 Å². The van der Waals surface area contributed by atoms with E-state index >= 15 is 0 Å². The van der Waals surface area contributed by atoms with Crippen LogP contribution in [0.1, 0.15) is 0 Å². The molecule has 0 bridgehead atoms. The number of hydrogen-bond donors (Lipinski definition) is 2. The Morgan fingerprint density at radius 2 is 1.40 bits per heavy atom. The summed E-state index contributed by atoms with van der Waals surface area (Å²) in [6, 6.07) is 0. The van der Waals surface area contributed by atoms with Crippen molar-refractivity contribution in [3.05, 3.63) is 0 Å². The molecule has 0 rings (SSSR count). The molecular formula is H5InO3P+. The summed E-state index contributed by atoms with van der Waals surface area (Å²) in [4.78, 5) is 14.2. The summed E-state index contributed by atoms with van der Waals surface area (Å²) in [6.45, 7) is 0. The van der Waals surface area contributed by atoms with Gasteiger partial charge in [0, 0.05) is 4.57 Å². The van der Waals surface area contributed by atoms with Crippen molar-refractivity contribution in [2.75, 3.05) is 0 Å². The van der Waals surface area contributed by atoms with Crippen molar-refractivity contribution in [1.29, 1.82) is 0 Å². The van der Waals surface area contributed by atoms with Crippen LogP contribution in [0.2, 0.25) is 0 Å². The molecule has 30 valence electrons. The minimum atomic E-state index is -2.87. The van der Waals surface area contributed by atoms with Crippen LogP contribution in [0, 0.1) is 0 Å². The van der Waals surface area contributed by atoms with E-state index in [9.17, 15) is 0 Å². The van der Waals surface area contributed by atoms with Crippen LogP contribution < -0.4 is 0 Å². The van der Waals surface area contributed by atoms with E-state index in [2.05, 4.69) is 0 Å². The number of rotatable bonds is 0. The number of hydrogen-bond acceptors (Lipinski definition) is 1. The molecule has 0 amide bonds. The Kier molecular flexibility index (Phi) is 9.10. The molecule has 0 aromatic carbocycles. The summed E-state index contributed by atoms with van der Waals surface area (Å²) in [7, 11) is -2.87. The first-order valence-corrected chi connectivity index (χ1v) is 1.75. The van der Waals surface area contributed by atoms with Crippen LogP contribution >= 0.6 is 8.25 Å². The van der Waals surface area contributed by atoms with Gasteiger partial charge in [0.2, 0.25) is 0 Å². The molecule has 0 atom stereocenters. The average Bonchev–Trinajstić information content (AvgIpc) is 0.811. The van der Waals surface area contributed by atoms with E-state index in [1.807, 2.05) is 0 Å². The van der Waals surface area contributed by atoms with Gasteiger partial charge >= 0.3 is 34.1 Å². The summed E-state index contributed by atoms with van der Waals surface area (Å²) in [5.74, 6) is 0. The van der Waals surface area contributed by atoms with Crippen LogP contribution in [0.3, 0.4) is 0 Å². The Hall–Kier alpha value is 0.890. The van der Waals surface area contributed by atoms with Crippen molar-refractivity contribution in [2.24, 2.45) is 0 Å². The molecule has 0 aliphatic rings. The van der Waals surface area contributed by atoms with Crippen molar-refractivity contribution in [3.63, 3.8) is 0 Å². The normalized spacial score (nSPS) is 5.20. The fourth-order valence-electron chi connectivity index (χ4n) is 0. The van der Waals surface area contributed by atoms with E-state index < -0.39 is 8.25 Å². The Labute approximate surface area is 48.7 Å². The molecule has 5 heteroatoms. The molecule has 0 aromatic heterocycles. The summed E-state index contributed by atoms with van der Waals surface area (Å²) in [5, 5.41) is 0. The third kappa shape index (κ3) is 51.6. The maximum absolute atomic E-state index is 8.70. The van der Waals surface area contributed by atoms with Crippen LogP contribution in [-0.4, -0.2) is 35.6 Å². The molecule has 0 aliphatic carbocycles. The Morgan fingerprint density at radius 3 is 1.40 bits per heavy atom. The van der Waals surface area contributed by atoms with Crippen LogP contribution in [0.15, 0.2) is 0 Å². The van der Waals surface area contributed by atoms with Gasteiger partial charge in [-0.1, -0.05) is 0 Å². The van der Waals surface area contributed by atoms with E-state index in [0.717, 1.165) is 0 Å². The second-order valence-corrected chi connectivity index (χ2v) is 0.758. The molecule has 0 fully saturated rings. The Bertz CT molecular complexity index is 29.9. The van der Waals surface area contributed by atoms with E-state index in [4.69, 9.17) is 14.4 Å². The maximum atomic E-state index is 8.70. The molecule has 3 nitrogen and oxygen atoms in total. The molecule has 2 N–H and O–H groups in total. The van der Waals surface area contributed by atoms with Crippen molar-refractivity contribution in [1.82, 2.24) is 0 Å². The van der Waals surface area contributed by atoms with E-state index in [0.29, 0.717) is 0 Å². The average molecular weight is 199 g/mol. The molecule has 0 saturated carbocycles. The summed E-state index contributed by atoms with van der Waals surface area (Å²) in [6.07, 6.45) is 0. The Morgan fingerprint density at radius 1 is 1.40 bits per heavy atom. The van der Waals surface area contributed by atoms with Crippen molar-refractivity contribution in [2.45, 2.75) is 0 Å². The molecule has 0 radical (unpaired) electrons. The van der Waals surface area contributed by atoms with Gasteiger partial charge in [0.05, 0.1) is 0 Å². The molecule has 0 aromatic rings. The third-order valence-electron chi connectivity index (χ3n) is 0. The van der Waals surface area contributed by atoms with E-state index in [-0.39, 0.29) is 25.8 Å². The van der Waals surface area contributed by atoms with Gasteiger partial charge in [0.15, 0.2) is 0 Å². The molecule has 0 unspecified atom stereocenters. The summed E-state index contributed by atoms with van der Waals surface area (Å²) < 4.78 is 8.70. The fraction of sp³-hybridized carbons (Fsp3) is 0. The van der Waals surface area contributed by atoms with Gasteiger partial charge in [-0.3, -0.25) is 0 Å². The molecule has 0 saturated heterocycles. The van der Waals surface area contributed by atoms with Crippen molar-refractivity contribution in [3.8, 4) is 0 Å². The standard InChI is InChI=1S/In.HO3P.3H/c;1-4(2)3;;;/h;(H-,1,2,3);;;/p+1. The van der Waals surface area contributed by atoms with Gasteiger partial charge in [-0.2, -0.15) is 0 Å². The van der Waals surface area contributed by atoms with Gasteiger partial charge in [-0.15, -0.1) is 9.79 Å². The predicted octanol–water partition coefficient (Wildman–Crippen LogP) is -1.56. The quantitative estimate of drug-likeness (QED) is 0.464. The molecule has 0 aliphatic heterocycles. The second kappa shape index (κ2) is 4.89. The van der Waals surface area contributed by atoms with E-state index in [1.54, 1.807) is 0 Å². The zero-order chi connectivity index (χ0) is 3.58. The SMILES string of the molecule is O=[P+](O)O.[InH3]. The van der Waals surface area contributed by atoms with Gasteiger partial charge in [0.1, 0.15) is 0 Å². The second-order valence-electron chi connectivity index (χ2n) is 0.253. The van der Waals surface area contributed by atoms with Crippen LogP contribution in [0.25, 0.3) is 0 Å². The molecule has 5 heavy (non-hydrogen) atoms. The van der Waals surface area contributed by atoms with E-state index in [1.165, 1.54) is 0 Å². The first-order valence-electron chi connectivity index (χ1n) is 0.583. The molecular weight excluding hydrogens is 194 g/mol. The topological polar surface area (TPSA) is 57.5 Å². The zero-order valence-corrected chi connectivity index (χ0v) is 2.64. The fourth-order valence-corrected chi connectivity index (χ4v) is 0. The van der Waals surface area contributed by atoms with Gasteiger partial charge in [-0.25, -0.2) is 0 Å². The first kappa shape index (κ1) is 9.31. The molecule has 0 spiro atoms. The van der Waals surface area contributed by atoms with Crippen molar-refractivity contribution < 1.29 is 14.4 Å². The van der Waals surface area contributed by atoms with Crippen molar-refractivity contribution >= 4 is 34.1 Å². The van der Waals surface area contributed by atoms with Crippen LogP contribution in [0.5, 0.6) is 0 Å². The monoisotopic (exact) mass is 199 g/mol. The third-order valence-corrected chi connectivity index (χ3v) is 0. The molecule has 0 heterocycles. The van der Waals surface area contributed by atoms with Gasteiger partial charge in [-0.05, 0) is 0 Å². The van der Waals surface area contributed by atoms with Crippen LogP contribution in [0.4, 0.5) is 0 Å². The zero-order valence-electron chi connectivity index (χ0n) is 1.75. The van der Waals surface area contributed by atoms with Gasteiger partial charge < -0.3 is 0 Å². The summed E-state index contributed by atoms with van der Waals surface area (Å²) >= 11 is 0. The minimum absolute atomic E-state index is 0. The predicted molar refractivity (Wildman–Crippen MR) is 22.0 cm³/mol. The summed E-state index contributed by atoms with van der Waals surface area (Å²) in [5.41, 5.74) is 0. The Balaban J connectivity index is 0.